The van der Waals surface area contributed by atoms with E-state index in [1.165, 1.54) is 12.8 Å². The molecular formula is C16H29N3O. The average molecular weight is 279 g/mol. The molecule has 0 atom stereocenters. The molecular weight excluding hydrogens is 250 g/mol. The third-order valence-electron chi connectivity index (χ3n) is 4.60. The number of nitrogens with zero attached hydrogens (tertiary/aromatic N) is 1. The van der Waals surface area contributed by atoms with Crippen LogP contribution in [0, 0.1) is 5.41 Å². The van der Waals surface area contributed by atoms with Crippen molar-refractivity contribution in [2.75, 3.05) is 13.7 Å². The van der Waals surface area contributed by atoms with Gasteiger partial charge in [0.05, 0.1) is 0 Å². The fourth-order valence-electron chi connectivity index (χ4n) is 2.95. The Morgan fingerprint density at radius 2 is 2.00 bits per heavy atom. The third-order valence-corrected chi connectivity index (χ3v) is 4.60. The highest BCUT2D eigenvalue weighted by atomic mass is 16.5. The molecule has 2 rings (SSSR count). The summed E-state index contributed by atoms with van der Waals surface area (Å²) in [5.41, 5.74) is 1.37. The summed E-state index contributed by atoms with van der Waals surface area (Å²) in [5.74, 6) is 1.00. The number of imidazole rings is 1. The SMILES string of the molecule is CCCNCc1cnc(C2(OC)CCC(C)(C)CC2)[nH]1. The zero-order valence-electron chi connectivity index (χ0n) is 13.4. The second-order valence-corrected chi connectivity index (χ2v) is 6.80. The molecule has 1 aliphatic rings. The molecule has 1 saturated carbocycles. The lowest BCUT2D eigenvalue weighted by atomic mass is 9.70. The highest BCUT2D eigenvalue weighted by Crippen LogP contribution is 2.46. The van der Waals surface area contributed by atoms with Crippen LogP contribution >= 0.6 is 0 Å². The van der Waals surface area contributed by atoms with Crippen LogP contribution in [0.1, 0.15) is 64.4 Å². The molecule has 0 spiro atoms. The second-order valence-electron chi connectivity index (χ2n) is 6.80. The number of H-pyrrole nitrogens is 1. The van der Waals surface area contributed by atoms with Crippen LogP contribution in [0.5, 0.6) is 0 Å². The molecule has 0 bridgehead atoms. The summed E-state index contributed by atoms with van der Waals surface area (Å²) in [4.78, 5) is 8.05. The monoisotopic (exact) mass is 279 g/mol. The number of methoxy groups -OCH3 is 1. The molecule has 4 nitrogen and oxygen atoms in total. The van der Waals surface area contributed by atoms with Crippen molar-refractivity contribution >= 4 is 0 Å². The van der Waals surface area contributed by atoms with Crippen molar-refractivity contribution in [1.29, 1.82) is 0 Å². The Labute approximate surface area is 122 Å². The molecule has 4 heteroatoms. The Morgan fingerprint density at radius 1 is 1.30 bits per heavy atom. The summed E-state index contributed by atoms with van der Waals surface area (Å²) in [7, 11) is 1.82. The van der Waals surface area contributed by atoms with Crippen molar-refractivity contribution in [3.63, 3.8) is 0 Å². The quantitative estimate of drug-likeness (QED) is 0.785. The Morgan fingerprint density at radius 3 is 2.60 bits per heavy atom. The second kappa shape index (κ2) is 6.27. The summed E-state index contributed by atoms with van der Waals surface area (Å²) < 4.78 is 5.88. The zero-order chi connectivity index (χ0) is 14.6. The largest absolute Gasteiger partial charge is 0.370 e. The van der Waals surface area contributed by atoms with Crippen LogP contribution in [0.2, 0.25) is 0 Å². The van der Waals surface area contributed by atoms with Gasteiger partial charge in [0, 0.05) is 25.5 Å². The molecule has 0 aliphatic heterocycles. The molecule has 0 amide bonds. The predicted octanol–water partition coefficient (Wildman–Crippen LogP) is 3.35. The summed E-state index contributed by atoms with van der Waals surface area (Å²) in [6, 6.07) is 0. The highest BCUT2D eigenvalue weighted by molar-refractivity contribution is 5.11. The molecule has 2 N–H and O–H groups in total. The Bertz CT molecular complexity index is 415. The Kier molecular flexibility index (Phi) is 4.86. The summed E-state index contributed by atoms with van der Waals surface area (Å²) >= 11 is 0. The molecule has 1 aromatic rings. The minimum Gasteiger partial charge on any atom is -0.370 e. The van der Waals surface area contributed by atoms with Crippen LogP contribution in [0.25, 0.3) is 0 Å². The van der Waals surface area contributed by atoms with E-state index < -0.39 is 0 Å². The lowest BCUT2D eigenvalue weighted by Crippen LogP contribution is -2.37. The number of rotatable bonds is 6. The van der Waals surface area contributed by atoms with Crippen LogP contribution in [-0.4, -0.2) is 23.6 Å². The van der Waals surface area contributed by atoms with E-state index in [1.54, 1.807) is 0 Å². The summed E-state index contributed by atoms with van der Waals surface area (Å²) in [5, 5.41) is 3.40. The van der Waals surface area contributed by atoms with E-state index >= 15 is 0 Å². The molecule has 1 aliphatic carbocycles. The molecule has 0 unspecified atom stereocenters. The molecule has 114 valence electrons. The molecule has 0 radical (unpaired) electrons. The first kappa shape index (κ1) is 15.5. The number of ether oxygens (including phenoxy) is 1. The standard InChI is InChI=1S/C16H29N3O/c1-5-10-17-11-13-12-18-14(19-13)16(20-4)8-6-15(2,3)7-9-16/h12,17H,5-11H2,1-4H3,(H,18,19). The van der Waals surface area contributed by atoms with Gasteiger partial charge in [0.15, 0.2) is 0 Å². The number of hydrogen-bond donors (Lipinski definition) is 2. The maximum atomic E-state index is 5.88. The van der Waals surface area contributed by atoms with Crippen molar-refractivity contribution < 1.29 is 4.74 Å². The first-order valence-electron chi connectivity index (χ1n) is 7.81. The summed E-state index contributed by atoms with van der Waals surface area (Å²) in [6.45, 7) is 8.75. The van der Waals surface area contributed by atoms with Crippen molar-refractivity contribution in [2.45, 2.75) is 65.0 Å². The lowest BCUT2D eigenvalue weighted by Gasteiger charge is -2.41. The van der Waals surface area contributed by atoms with Gasteiger partial charge in [-0.1, -0.05) is 20.8 Å². The van der Waals surface area contributed by atoms with E-state index in [-0.39, 0.29) is 5.60 Å². The topological polar surface area (TPSA) is 49.9 Å². The van der Waals surface area contributed by atoms with Gasteiger partial charge in [-0.2, -0.15) is 0 Å². The average Bonchev–Trinajstić information content (AvgIpc) is 2.89. The summed E-state index contributed by atoms with van der Waals surface area (Å²) in [6.07, 6.45) is 7.56. The van der Waals surface area contributed by atoms with Crippen LogP contribution in [0.4, 0.5) is 0 Å². The van der Waals surface area contributed by atoms with Gasteiger partial charge in [0.2, 0.25) is 0 Å². The molecule has 1 aromatic heterocycles. The van der Waals surface area contributed by atoms with Gasteiger partial charge in [0.25, 0.3) is 0 Å². The first-order valence-corrected chi connectivity index (χ1v) is 7.81. The minimum atomic E-state index is -0.210. The molecule has 0 aromatic carbocycles. The highest BCUT2D eigenvalue weighted by Gasteiger charge is 2.41. The van der Waals surface area contributed by atoms with Crippen LogP contribution < -0.4 is 5.32 Å². The normalized spacial score (nSPS) is 21.0. The van der Waals surface area contributed by atoms with Gasteiger partial charge in [0.1, 0.15) is 11.4 Å². The smallest absolute Gasteiger partial charge is 0.138 e. The predicted molar refractivity (Wildman–Crippen MR) is 81.5 cm³/mol. The maximum absolute atomic E-state index is 5.88. The van der Waals surface area contributed by atoms with Gasteiger partial charge in [-0.25, -0.2) is 4.98 Å². The molecule has 20 heavy (non-hydrogen) atoms. The van der Waals surface area contributed by atoms with E-state index in [1.807, 2.05) is 13.3 Å². The van der Waals surface area contributed by atoms with Crippen LogP contribution in [-0.2, 0) is 16.9 Å². The number of aromatic amines is 1. The van der Waals surface area contributed by atoms with Gasteiger partial charge in [-0.05, 0) is 44.1 Å². The molecule has 1 fully saturated rings. The van der Waals surface area contributed by atoms with Crippen molar-refractivity contribution in [3.8, 4) is 0 Å². The van der Waals surface area contributed by atoms with Crippen molar-refractivity contribution in [3.05, 3.63) is 17.7 Å². The van der Waals surface area contributed by atoms with Gasteiger partial charge in [-0.15, -0.1) is 0 Å². The fourth-order valence-corrected chi connectivity index (χ4v) is 2.95. The van der Waals surface area contributed by atoms with E-state index in [0.29, 0.717) is 5.41 Å². The van der Waals surface area contributed by atoms with Crippen LogP contribution in [0.3, 0.4) is 0 Å². The first-order chi connectivity index (χ1) is 9.51. The number of aromatic nitrogens is 2. The van der Waals surface area contributed by atoms with Crippen molar-refractivity contribution in [2.24, 2.45) is 5.41 Å². The zero-order valence-corrected chi connectivity index (χ0v) is 13.4. The van der Waals surface area contributed by atoms with Crippen molar-refractivity contribution in [1.82, 2.24) is 15.3 Å². The van der Waals surface area contributed by atoms with E-state index in [0.717, 1.165) is 43.9 Å². The Hall–Kier alpha value is -0.870. The lowest BCUT2D eigenvalue weighted by molar-refractivity contribution is -0.0724. The minimum absolute atomic E-state index is 0.210. The maximum Gasteiger partial charge on any atom is 0.138 e. The Balaban J connectivity index is 2.05. The molecule has 0 saturated heterocycles. The van der Waals surface area contributed by atoms with Gasteiger partial charge < -0.3 is 15.0 Å². The fraction of sp³-hybridized carbons (Fsp3) is 0.812. The molecule has 1 heterocycles. The van der Waals surface area contributed by atoms with E-state index in [9.17, 15) is 0 Å². The third kappa shape index (κ3) is 3.41. The number of nitrogens with one attached hydrogen (secondary N) is 2. The van der Waals surface area contributed by atoms with E-state index in [2.05, 4.69) is 36.1 Å². The number of hydrogen-bond acceptors (Lipinski definition) is 3. The van der Waals surface area contributed by atoms with Gasteiger partial charge in [-0.3, -0.25) is 0 Å². The van der Waals surface area contributed by atoms with E-state index in [4.69, 9.17) is 4.74 Å². The van der Waals surface area contributed by atoms with Gasteiger partial charge >= 0.3 is 0 Å². The van der Waals surface area contributed by atoms with Crippen LogP contribution in [0.15, 0.2) is 6.20 Å².